The summed E-state index contributed by atoms with van der Waals surface area (Å²) >= 11 is 8.19. The average Bonchev–Trinajstić information content (AvgIpc) is 3.20. The van der Waals surface area contributed by atoms with Crippen molar-refractivity contribution in [3.63, 3.8) is 0 Å². The number of carboxylic acids is 1. The monoisotopic (exact) mass is 510 g/mol. The van der Waals surface area contributed by atoms with E-state index in [0.29, 0.717) is 11.1 Å². The maximum Gasteiger partial charge on any atom is 0.352 e. The molecule has 172 valence electrons. The van der Waals surface area contributed by atoms with Gasteiger partial charge in [0.15, 0.2) is 16.7 Å². The van der Waals surface area contributed by atoms with Crippen molar-refractivity contribution in [3.8, 4) is 5.75 Å². The molecule has 9 nitrogen and oxygen atoms in total. The second-order valence-corrected chi connectivity index (χ2v) is 9.39. The molecular weight excluding hydrogens is 495 g/mol. The lowest BCUT2D eigenvalue weighted by Crippen LogP contribution is -2.70. The van der Waals surface area contributed by atoms with Crippen molar-refractivity contribution in [2.45, 2.75) is 17.8 Å². The average molecular weight is 511 g/mol. The number of thiazole rings is 1. The standard InChI is InChI=1S/C20H16ClFN4O5S2/c21-5-10(12-7-33-20(23)24-12)16(28)25-14-17(29)26-15(19(30)31)9(6-32-18(14)26)3-8-1-2-13(27)11(22)4-8/h1-2,4-5,7,14,18,27H,3,6H2,(H2,23,24)(H,25,28)(H,30,31)/t14-,18+/m1/s1. The molecule has 1 saturated heterocycles. The van der Waals surface area contributed by atoms with Gasteiger partial charge in [-0.1, -0.05) is 17.7 Å². The van der Waals surface area contributed by atoms with E-state index >= 15 is 0 Å². The number of fused-ring (bicyclic) bond motifs is 1. The third kappa shape index (κ3) is 4.28. The molecular formula is C20H16ClFN4O5S2. The normalized spacial score (nSPS) is 20.4. The highest BCUT2D eigenvalue weighted by Gasteiger charge is 2.54. The molecule has 1 aromatic carbocycles. The van der Waals surface area contributed by atoms with Crippen LogP contribution in [0, 0.1) is 5.82 Å². The molecule has 1 fully saturated rings. The number of benzene rings is 1. The second kappa shape index (κ2) is 9.04. The summed E-state index contributed by atoms with van der Waals surface area (Å²) in [7, 11) is 0. The van der Waals surface area contributed by atoms with Crippen LogP contribution in [0.5, 0.6) is 5.75 Å². The van der Waals surface area contributed by atoms with Crippen LogP contribution >= 0.6 is 34.7 Å². The molecule has 13 heteroatoms. The van der Waals surface area contributed by atoms with Gasteiger partial charge in [-0.05, 0) is 29.7 Å². The molecule has 0 saturated carbocycles. The number of anilines is 1. The lowest BCUT2D eigenvalue weighted by atomic mass is 9.98. The van der Waals surface area contributed by atoms with E-state index in [1.807, 2.05) is 0 Å². The van der Waals surface area contributed by atoms with Crippen LogP contribution in [0.15, 0.2) is 40.4 Å². The number of nitrogen functional groups attached to an aromatic ring is 1. The number of carboxylic acid groups (broad SMARTS) is 1. The lowest BCUT2D eigenvalue weighted by molar-refractivity contribution is -0.150. The molecule has 4 rings (SSSR count). The van der Waals surface area contributed by atoms with E-state index < -0.39 is 40.8 Å². The SMILES string of the molecule is Nc1nc(C(=CCl)C(=O)N[C@@H]2C(=O)N3C(C(=O)O)=C(Cc4ccc(O)c(F)c4)CS[C@@H]23)cs1. The van der Waals surface area contributed by atoms with Crippen LogP contribution in [0.1, 0.15) is 11.3 Å². The summed E-state index contributed by atoms with van der Waals surface area (Å²) < 4.78 is 13.7. The molecule has 0 bridgehead atoms. The first-order valence-corrected chi connectivity index (χ1v) is 11.8. The number of phenols is 1. The predicted octanol–water partition coefficient (Wildman–Crippen LogP) is 2.13. The Morgan fingerprint density at radius 3 is 2.79 bits per heavy atom. The molecule has 1 aromatic heterocycles. The fraction of sp³-hybridized carbons (Fsp3) is 0.200. The van der Waals surface area contributed by atoms with Gasteiger partial charge in [-0.15, -0.1) is 23.1 Å². The number of aliphatic carboxylic acids is 1. The number of hydrogen-bond donors (Lipinski definition) is 4. The molecule has 3 heterocycles. The predicted molar refractivity (Wildman–Crippen MR) is 122 cm³/mol. The van der Waals surface area contributed by atoms with Gasteiger partial charge in [0.2, 0.25) is 0 Å². The highest BCUT2D eigenvalue weighted by molar-refractivity contribution is 8.00. The number of thioether (sulfide) groups is 1. The molecule has 33 heavy (non-hydrogen) atoms. The van der Waals surface area contributed by atoms with E-state index in [9.17, 15) is 29.0 Å². The van der Waals surface area contributed by atoms with Crippen LogP contribution in [0.4, 0.5) is 9.52 Å². The molecule has 2 aliphatic rings. The first-order chi connectivity index (χ1) is 15.7. The number of halogens is 2. The Bertz CT molecular complexity index is 1230. The number of amides is 2. The number of carbonyl (C=O) groups excluding carboxylic acids is 2. The zero-order valence-corrected chi connectivity index (χ0v) is 19.0. The summed E-state index contributed by atoms with van der Waals surface area (Å²) in [6.07, 6.45) is 0.0870. The molecule has 2 aromatic rings. The van der Waals surface area contributed by atoms with Crippen molar-refractivity contribution in [1.82, 2.24) is 15.2 Å². The number of nitrogens with two attached hydrogens (primary N) is 1. The Morgan fingerprint density at radius 2 is 2.18 bits per heavy atom. The number of phenolic OH excluding ortho intramolecular Hbond substituents is 1. The quantitative estimate of drug-likeness (QED) is 0.341. The largest absolute Gasteiger partial charge is 0.505 e. The topological polar surface area (TPSA) is 146 Å². The Hall–Kier alpha value is -3.09. The Kier molecular flexibility index (Phi) is 6.32. The van der Waals surface area contributed by atoms with E-state index in [0.717, 1.165) is 27.8 Å². The van der Waals surface area contributed by atoms with Gasteiger partial charge in [-0.3, -0.25) is 14.5 Å². The van der Waals surface area contributed by atoms with Crippen LogP contribution in [-0.2, 0) is 20.8 Å². The molecule has 0 radical (unpaired) electrons. The summed E-state index contributed by atoms with van der Waals surface area (Å²) in [5.74, 6) is -3.59. The van der Waals surface area contributed by atoms with Crippen LogP contribution in [-0.4, -0.2) is 55.0 Å². The van der Waals surface area contributed by atoms with Gasteiger partial charge in [-0.25, -0.2) is 14.2 Å². The minimum Gasteiger partial charge on any atom is -0.505 e. The highest BCUT2D eigenvalue weighted by Crippen LogP contribution is 2.41. The molecule has 2 amide bonds. The van der Waals surface area contributed by atoms with Crippen molar-refractivity contribution in [2.75, 3.05) is 11.5 Å². The Balaban J connectivity index is 1.53. The zero-order valence-electron chi connectivity index (χ0n) is 16.6. The van der Waals surface area contributed by atoms with Gasteiger partial charge in [0.25, 0.3) is 11.8 Å². The van der Waals surface area contributed by atoms with Gasteiger partial charge in [0.1, 0.15) is 17.1 Å². The lowest BCUT2D eigenvalue weighted by Gasteiger charge is -2.49. The Morgan fingerprint density at radius 1 is 1.42 bits per heavy atom. The first kappa shape index (κ1) is 23.1. The van der Waals surface area contributed by atoms with Crippen LogP contribution in [0.25, 0.3) is 5.57 Å². The van der Waals surface area contributed by atoms with Gasteiger partial charge >= 0.3 is 5.97 Å². The smallest absolute Gasteiger partial charge is 0.352 e. The molecule has 2 aliphatic heterocycles. The maximum atomic E-state index is 13.7. The van der Waals surface area contributed by atoms with Gasteiger partial charge < -0.3 is 21.3 Å². The zero-order chi connectivity index (χ0) is 23.9. The number of carbonyl (C=O) groups is 3. The Labute approximate surface area is 199 Å². The van der Waals surface area contributed by atoms with E-state index in [-0.39, 0.29) is 34.3 Å². The molecule has 0 aliphatic carbocycles. The van der Waals surface area contributed by atoms with Gasteiger partial charge in [0.05, 0.1) is 11.3 Å². The van der Waals surface area contributed by atoms with E-state index in [2.05, 4.69) is 10.3 Å². The third-order valence-electron chi connectivity index (χ3n) is 5.12. The number of nitrogens with one attached hydrogen (secondary N) is 1. The van der Waals surface area contributed by atoms with Crippen LogP contribution in [0.3, 0.4) is 0 Å². The van der Waals surface area contributed by atoms with Crippen molar-refractivity contribution in [2.24, 2.45) is 0 Å². The fourth-order valence-corrected chi connectivity index (χ4v) is 5.70. The maximum absolute atomic E-state index is 13.7. The number of nitrogens with zero attached hydrogens (tertiary/aromatic N) is 2. The fourth-order valence-electron chi connectivity index (χ4n) is 3.58. The summed E-state index contributed by atoms with van der Waals surface area (Å²) in [5.41, 5.74) is 7.61. The van der Waals surface area contributed by atoms with E-state index in [1.165, 1.54) is 23.9 Å². The highest BCUT2D eigenvalue weighted by atomic mass is 35.5. The molecule has 0 unspecified atom stereocenters. The van der Waals surface area contributed by atoms with Crippen LogP contribution in [0.2, 0.25) is 0 Å². The van der Waals surface area contributed by atoms with Crippen molar-refractivity contribution in [1.29, 1.82) is 0 Å². The van der Waals surface area contributed by atoms with Crippen molar-refractivity contribution >= 4 is 63.2 Å². The van der Waals surface area contributed by atoms with Gasteiger partial charge in [0, 0.05) is 16.7 Å². The third-order valence-corrected chi connectivity index (χ3v) is 7.35. The number of aromatic hydroxyl groups is 1. The van der Waals surface area contributed by atoms with Gasteiger partial charge in [-0.2, -0.15) is 0 Å². The summed E-state index contributed by atoms with van der Waals surface area (Å²) in [6, 6.07) is 2.83. The molecule has 0 spiro atoms. The summed E-state index contributed by atoms with van der Waals surface area (Å²) in [6.45, 7) is 0. The minimum absolute atomic E-state index is 0.0284. The minimum atomic E-state index is -1.30. The van der Waals surface area contributed by atoms with E-state index in [4.69, 9.17) is 17.3 Å². The number of aromatic nitrogens is 1. The second-order valence-electron chi connectivity index (χ2n) is 7.17. The van der Waals surface area contributed by atoms with Crippen molar-refractivity contribution in [3.05, 3.63) is 57.5 Å². The number of β-lactam (4-membered cyclic amide) rings is 1. The van der Waals surface area contributed by atoms with Crippen molar-refractivity contribution < 1.29 is 29.0 Å². The van der Waals surface area contributed by atoms with E-state index in [1.54, 1.807) is 5.38 Å². The molecule has 2 atom stereocenters. The number of rotatable bonds is 6. The summed E-state index contributed by atoms with van der Waals surface area (Å²) in [5, 5.41) is 22.9. The molecule has 5 N–H and O–H groups in total. The van der Waals surface area contributed by atoms with Crippen LogP contribution < -0.4 is 11.1 Å². The number of hydrogen-bond acceptors (Lipinski definition) is 8. The summed E-state index contributed by atoms with van der Waals surface area (Å²) in [4.78, 5) is 42.6. The first-order valence-electron chi connectivity index (χ1n) is 9.41.